The summed E-state index contributed by atoms with van der Waals surface area (Å²) in [6.45, 7) is 4.26. The molecule has 0 aliphatic carbocycles. The number of amidine groups is 1. The molecule has 0 spiro atoms. The number of fused-ring (bicyclic) bond motifs is 2. The molecule has 0 saturated carbocycles. The maximum atomic E-state index is 13.0. The summed E-state index contributed by atoms with van der Waals surface area (Å²) in [5.41, 5.74) is 0.556. The van der Waals surface area contributed by atoms with E-state index in [0.717, 1.165) is 32.1 Å². The predicted molar refractivity (Wildman–Crippen MR) is 120 cm³/mol. The molecule has 0 bridgehead atoms. The van der Waals surface area contributed by atoms with Gasteiger partial charge in [0.05, 0.1) is 10.2 Å². The molecule has 2 aliphatic heterocycles. The van der Waals surface area contributed by atoms with Crippen LogP contribution in [0, 0.1) is 6.92 Å². The number of nitrogens with one attached hydrogen (secondary N) is 1. The molecule has 0 unspecified atom stereocenters. The van der Waals surface area contributed by atoms with Crippen molar-refractivity contribution in [2.45, 2.75) is 39.3 Å². The summed E-state index contributed by atoms with van der Waals surface area (Å²) in [7, 11) is 0. The normalized spacial score (nSPS) is 18.2. The minimum atomic E-state index is -0.320. The number of aryl methyl sites for hydroxylation is 1. The van der Waals surface area contributed by atoms with Gasteiger partial charge in [-0.3, -0.25) is 15.1 Å². The standard InChI is InChI=1S/C20H21BrN4OS2/c1-3-4-5-10-27-20-23-19(26)17-14-11-13(21)7-8-15(14)22-18(25(17)24-20)16-9-6-12(2)28-16/h6-9,11,18H,3-5,10H2,1-2H3,(H,23,24,26)/t18-/m0/s1. The molecule has 2 aliphatic rings. The number of halogens is 1. The third-order valence-corrected chi connectivity index (χ3v) is 7.06. The van der Waals surface area contributed by atoms with Crippen molar-refractivity contribution in [1.82, 2.24) is 10.3 Å². The summed E-state index contributed by atoms with van der Waals surface area (Å²) in [5, 5.41) is 11.8. The summed E-state index contributed by atoms with van der Waals surface area (Å²) in [6, 6.07) is 10.00. The predicted octanol–water partition coefficient (Wildman–Crippen LogP) is 3.89. The lowest BCUT2D eigenvalue weighted by molar-refractivity contribution is -0.116. The quantitative estimate of drug-likeness (QED) is 0.665. The van der Waals surface area contributed by atoms with Gasteiger partial charge < -0.3 is 0 Å². The number of thiophene rings is 1. The molecule has 0 fully saturated rings. The molecule has 0 radical (unpaired) electrons. The molecule has 2 aromatic rings. The van der Waals surface area contributed by atoms with Crippen LogP contribution in [0.2, 0.25) is 0 Å². The van der Waals surface area contributed by atoms with Crippen LogP contribution in [0.4, 0.5) is 0 Å². The molecule has 1 atom stereocenters. The van der Waals surface area contributed by atoms with E-state index in [9.17, 15) is 4.79 Å². The van der Waals surface area contributed by atoms with Crippen molar-refractivity contribution in [2.75, 3.05) is 5.75 Å². The monoisotopic (exact) mass is 476 g/mol. The Morgan fingerprint density at radius 3 is 2.89 bits per heavy atom. The fourth-order valence-electron chi connectivity index (χ4n) is 3.22. The van der Waals surface area contributed by atoms with Crippen molar-refractivity contribution in [3.05, 3.63) is 55.1 Å². The lowest BCUT2D eigenvalue weighted by Crippen LogP contribution is -2.50. The molecule has 1 aromatic carbocycles. The van der Waals surface area contributed by atoms with Crippen LogP contribution in [0.5, 0.6) is 0 Å². The Hall–Kier alpha value is -1.64. The van der Waals surface area contributed by atoms with Crippen LogP contribution in [-0.4, -0.2) is 21.8 Å². The van der Waals surface area contributed by atoms with E-state index in [4.69, 9.17) is 10.1 Å². The first-order valence-corrected chi connectivity index (χ1v) is 11.9. The Labute approximate surface area is 180 Å². The van der Waals surface area contributed by atoms with Crippen molar-refractivity contribution in [1.29, 1.82) is 0 Å². The Balaban J connectivity index is 1.79. The molecule has 28 heavy (non-hydrogen) atoms. The van der Waals surface area contributed by atoms with Crippen LogP contribution in [0.15, 0.2) is 44.9 Å². The smallest absolute Gasteiger partial charge is 0.276 e. The second kappa shape index (κ2) is 8.39. The number of amides is 1. The maximum absolute atomic E-state index is 13.0. The molecule has 1 aromatic heterocycles. The number of hydrogen-bond donors (Lipinski definition) is 1. The highest BCUT2D eigenvalue weighted by Gasteiger charge is 2.35. The van der Waals surface area contributed by atoms with Crippen LogP contribution in [-0.2, 0) is 4.79 Å². The first kappa shape index (κ1) is 19.7. The minimum Gasteiger partial charge on any atom is -0.298 e. The molecule has 8 heteroatoms. The first-order valence-electron chi connectivity index (χ1n) is 9.33. The molecule has 1 N–H and O–H groups in total. The molecule has 5 nitrogen and oxygen atoms in total. The van der Waals surface area contributed by atoms with Gasteiger partial charge in [0.25, 0.3) is 5.91 Å². The van der Waals surface area contributed by atoms with Crippen molar-refractivity contribution in [3.8, 4) is 0 Å². The Morgan fingerprint density at radius 1 is 1.29 bits per heavy atom. The third kappa shape index (κ3) is 3.90. The van der Waals surface area contributed by atoms with E-state index in [0.29, 0.717) is 10.9 Å². The highest BCUT2D eigenvalue weighted by atomic mass is 79.9. The summed E-state index contributed by atoms with van der Waals surface area (Å²) in [4.78, 5) is 20.3. The molecule has 146 valence electrons. The van der Waals surface area contributed by atoms with Crippen LogP contribution < -0.4 is 15.9 Å². The molecular formula is C20H21BrN4OS2. The van der Waals surface area contributed by atoms with E-state index in [-0.39, 0.29) is 12.1 Å². The molecule has 3 heterocycles. The number of benzene rings is 1. The van der Waals surface area contributed by atoms with E-state index in [1.807, 2.05) is 18.2 Å². The van der Waals surface area contributed by atoms with Crippen molar-refractivity contribution in [3.63, 3.8) is 0 Å². The highest BCUT2D eigenvalue weighted by Crippen LogP contribution is 2.34. The van der Waals surface area contributed by atoms with Gasteiger partial charge in [0, 0.05) is 20.3 Å². The lowest BCUT2D eigenvalue weighted by Gasteiger charge is -2.33. The van der Waals surface area contributed by atoms with E-state index < -0.39 is 0 Å². The number of hydrazone groups is 1. The van der Waals surface area contributed by atoms with Crippen LogP contribution in [0.1, 0.15) is 42.1 Å². The topological polar surface area (TPSA) is 57.1 Å². The number of carbonyl (C=O) groups excluding carboxylic acids is 1. The van der Waals surface area contributed by atoms with Crippen molar-refractivity contribution >= 4 is 55.8 Å². The van der Waals surface area contributed by atoms with Crippen LogP contribution in [0.25, 0.3) is 5.70 Å². The fraction of sp³-hybridized carbons (Fsp3) is 0.350. The zero-order valence-electron chi connectivity index (χ0n) is 15.7. The van der Waals surface area contributed by atoms with E-state index in [2.05, 4.69) is 47.2 Å². The number of nitrogens with zero attached hydrogens (tertiary/aromatic N) is 3. The summed E-state index contributed by atoms with van der Waals surface area (Å²) in [6.07, 6.45) is 3.15. The zero-order valence-corrected chi connectivity index (χ0v) is 19.0. The molecular weight excluding hydrogens is 456 g/mol. The average molecular weight is 477 g/mol. The Bertz CT molecular complexity index is 1060. The van der Waals surface area contributed by atoms with E-state index in [1.54, 1.807) is 28.1 Å². The largest absolute Gasteiger partial charge is 0.298 e. The van der Waals surface area contributed by atoms with Gasteiger partial charge in [0.1, 0.15) is 5.70 Å². The van der Waals surface area contributed by atoms with Gasteiger partial charge in [-0.1, -0.05) is 47.5 Å². The first-order chi connectivity index (χ1) is 13.6. The average Bonchev–Trinajstić information content (AvgIpc) is 3.10. The van der Waals surface area contributed by atoms with Crippen molar-refractivity contribution < 1.29 is 4.79 Å². The van der Waals surface area contributed by atoms with Gasteiger partial charge in [-0.15, -0.1) is 16.4 Å². The molecule has 0 saturated heterocycles. The SMILES string of the molecule is CCCCCSC1=NN2C(=c3cc(Br)ccc3=N[C@@H]2c2ccc(C)s2)C(=O)N1. The van der Waals surface area contributed by atoms with Crippen LogP contribution >= 0.6 is 39.0 Å². The second-order valence-corrected chi connectivity index (χ2v) is 10.0. The Kier molecular flexibility index (Phi) is 5.89. The summed E-state index contributed by atoms with van der Waals surface area (Å²) in [5.74, 6) is 0.818. The van der Waals surface area contributed by atoms with Gasteiger partial charge >= 0.3 is 0 Å². The second-order valence-electron chi connectivity index (χ2n) is 6.72. The maximum Gasteiger partial charge on any atom is 0.276 e. The highest BCUT2D eigenvalue weighted by molar-refractivity contribution is 9.10. The van der Waals surface area contributed by atoms with Gasteiger partial charge in [-0.05, 0) is 43.7 Å². The Morgan fingerprint density at radius 2 is 2.14 bits per heavy atom. The van der Waals surface area contributed by atoms with Crippen molar-refractivity contribution in [2.24, 2.45) is 10.1 Å². The zero-order chi connectivity index (χ0) is 19.7. The van der Waals surface area contributed by atoms with Gasteiger partial charge in [-0.2, -0.15) is 0 Å². The van der Waals surface area contributed by atoms with Gasteiger partial charge in [0.2, 0.25) is 0 Å². The number of unbranched alkanes of at least 4 members (excludes halogenated alkanes) is 2. The molecule has 1 amide bonds. The summed E-state index contributed by atoms with van der Waals surface area (Å²) < 4.78 is 0.913. The number of carbonyl (C=O) groups is 1. The minimum absolute atomic E-state index is 0.125. The van der Waals surface area contributed by atoms with Crippen LogP contribution in [0.3, 0.4) is 0 Å². The van der Waals surface area contributed by atoms with E-state index >= 15 is 0 Å². The number of hydrogen-bond acceptors (Lipinski definition) is 6. The summed E-state index contributed by atoms with van der Waals surface area (Å²) >= 11 is 6.80. The number of thioether (sulfide) groups is 1. The van der Waals surface area contributed by atoms with E-state index in [1.165, 1.54) is 17.7 Å². The lowest BCUT2D eigenvalue weighted by atomic mass is 10.1. The van der Waals surface area contributed by atoms with Gasteiger partial charge in [-0.25, -0.2) is 5.01 Å². The third-order valence-electron chi connectivity index (χ3n) is 4.57. The fourth-order valence-corrected chi connectivity index (χ4v) is 5.33. The van der Waals surface area contributed by atoms with Gasteiger partial charge in [0.15, 0.2) is 11.3 Å². The molecule has 4 rings (SSSR count). The number of rotatable bonds is 5.